The molecule has 1 aliphatic heterocycles. The van der Waals surface area contributed by atoms with E-state index in [1.807, 2.05) is 6.92 Å². The molecule has 0 saturated heterocycles. The molecule has 1 saturated carbocycles. The highest BCUT2D eigenvalue weighted by atomic mass is 16.5. The third kappa shape index (κ3) is 2.65. The van der Waals surface area contributed by atoms with E-state index in [1.165, 1.54) is 29.7 Å². The number of allylic oxidation sites excluding steroid dienone is 1. The van der Waals surface area contributed by atoms with E-state index in [0.29, 0.717) is 18.9 Å². The van der Waals surface area contributed by atoms with Crippen LogP contribution in [0.25, 0.3) is 0 Å². The van der Waals surface area contributed by atoms with Crippen LogP contribution in [0.5, 0.6) is 0 Å². The Kier molecular flexibility index (Phi) is 4.20. The number of carbonyl (C=O) groups excluding carboxylic acids is 1. The van der Waals surface area contributed by atoms with Crippen LogP contribution in [0.4, 0.5) is 0 Å². The van der Waals surface area contributed by atoms with Crippen molar-refractivity contribution >= 4 is 11.7 Å². The highest BCUT2D eigenvalue weighted by Crippen LogP contribution is 2.35. The smallest absolute Gasteiger partial charge is 0.306 e. The SMILES string of the molecule is CCOC(=O)CC1CN=C2C(=C1C)CCC[C@@H]2C. The third-order valence-electron chi connectivity index (χ3n) is 4.13. The average molecular weight is 249 g/mol. The summed E-state index contributed by atoms with van der Waals surface area (Å²) in [5.74, 6) is 0.755. The zero-order chi connectivity index (χ0) is 13.1. The van der Waals surface area contributed by atoms with Gasteiger partial charge in [-0.25, -0.2) is 0 Å². The van der Waals surface area contributed by atoms with Crippen LogP contribution in [0, 0.1) is 11.8 Å². The molecule has 0 aromatic rings. The molecule has 3 nitrogen and oxygen atoms in total. The van der Waals surface area contributed by atoms with Crippen LogP contribution >= 0.6 is 0 Å². The molecule has 1 heterocycles. The average Bonchev–Trinajstić information content (AvgIpc) is 2.34. The summed E-state index contributed by atoms with van der Waals surface area (Å²) in [5, 5.41) is 0. The summed E-state index contributed by atoms with van der Waals surface area (Å²) >= 11 is 0. The van der Waals surface area contributed by atoms with Gasteiger partial charge in [-0.05, 0) is 44.6 Å². The van der Waals surface area contributed by atoms with Gasteiger partial charge < -0.3 is 4.74 Å². The minimum absolute atomic E-state index is 0.0926. The van der Waals surface area contributed by atoms with E-state index in [9.17, 15) is 4.79 Å². The van der Waals surface area contributed by atoms with Gasteiger partial charge in [0.25, 0.3) is 0 Å². The number of aliphatic imine (C=N–C) groups is 1. The van der Waals surface area contributed by atoms with Gasteiger partial charge in [-0.3, -0.25) is 9.79 Å². The minimum atomic E-state index is -0.0926. The molecule has 100 valence electrons. The first-order valence-corrected chi connectivity index (χ1v) is 7.03. The third-order valence-corrected chi connectivity index (χ3v) is 4.13. The standard InChI is InChI=1S/C15H23NO2/c1-4-18-14(17)8-12-9-16-15-10(2)6-5-7-13(15)11(12)3/h10,12H,4-9H2,1-3H3/t10-,12?/m0/s1. The van der Waals surface area contributed by atoms with E-state index >= 15 is 0 Å². The zero-order valence-electron chi connectivity index (χ0n) is 11.7. The van der Waals surface area contributed by atoms with Crippen LogP contribution in [0.3, 0.4) is 0 Å². The number of esters is 1. The molecule has 0 N–H and O–H groups in total. The number of carbonyl (C=O) groups is 1. The first kappa shape index (κ1) is 13.3. The molecule has 0 amide bonds. The lowest BCUT2D eigenvalue weighted by Crippen LogP contribution is -2.28. The second-order valence-electron chi connectivity index (χ2n) is 5.39. The molecule has 1 aliphatic carbocycles. The van der Waals surface area contributed by atoms with Crippen LogP contribution in [0.15, 0.2) is 16.1 Å². The van der Waals surface area contributed by atoms with Crippen molar-refractivity contribution in [1.82, 2.24) is 0 Å². The predicted octanol–water partition coefficient (Wildman–Crippen LogP) is 3.15. The number of hydrogen-bond donors (Lipinski definition) is 0. The molecule has 2 atom stereocenters. The molecular formula is C15H23NO2. The van der Waals surface area contributed by atoms with E-state index in [0.717, 1.165) is 13.0 Å². The van der Waals surface area contributed by atoms with Crippen molar-refractivity contribution in [2.45, 2.75) is 46.5 Å². The van der Waals surface area contributed by atoms with Gasteiger partial charge in [0.1, 0.15) is 0 Å². The lowest BCUT2D eigenvalue weighted by atomic mass is 9.77. The Morgan fingerprint density at radius 1 is 1.50 bits per heavy atom. The van der Waals surface area contributed by atoms with Crippen molar-refractivity contribution in [2.24, 2.45) is 16.8 Å². The quantitative estimate of drug-likeness (QED) is 0.721. The van der Waals surface area contributed by atoms with Crippen molar-refractivity contribution in [3.8, 4) is 0 Å². The fourth-order valence-corrected chi connectivity index (χ4v) is 3.03. The molecule has 2 aliphatic rings. The Hall–Kier alpha value is -1.12. The Bertz CT molecular complexity index is 395. The second kappa shape index (κ2) is 5.68. The van der Waals surface area contributed by atoms with Gasteiger partial charge in [0.15, 0.2) is 0 Å². The van der Waals surface area contributed by atoms with E-state index in [4.69, 9.17) is 9.73 Å². The number of rotatable bonds is 3. The Labute approximate surface area is 109 Å². The molecule has 2 rings (SSSR count). The maximum atomic E-state index is 11.6. The van der Waals surface area contributed by atoms with Crippen LogP contribution in [0.2, 0.25) is 0 Å². The maximum Gasteiger partial charge on any atom is 0.306 e. The molecule has 0 aromatic carbocycles. The molecule has 18 heavy (non-hydrogen) atoms. The molecular weight excluding hydrogens is 226 g/mol. The summed E-state index contributed by atoms with van der Waals surface area (Å²) in [6, 6.07) is 0. The van der Waals surface area contributed by atoms with Crippen molar-refractivity contribution in [2.75, 3.05) is 13.2 Å². The van der Waals surface area contributed by atoms with Crippen molar-refractivity contribution in [1.29, 1.82) is 0 Å². The van der Waals surface area contributed by atoms with Crippen LogP contribution in [-0.2, 0) is 9.53 Å². The molecule has 3 heteroatoms. The highest BCUT2D eigenvalue weighted by Gasteiger charge is 2.29. The van der Waals surface area contributed by atoms with E-state index in [2.05, 4.69) is 13.8 Å². The summed E-state index contributed by atoms with van der Waals surface area (Å²) in [5.41, 5.74) is 4.10. The molecule has 1 unspecified atom stereocenters. The Morgan fingerprint density at radius 2 is 2.28 bits per heavy atom. The second-order valence-corrected chi connectivity index (χ2v) is 5.39. The van der Waals surface area contributed by atoms with Crippen LogP contribution < -0.4 is 0 Å². The largest absolute Gasteiger partial charge is 0.466 e. The summed E-state index contributed by atoms with van der Waals surface area (Å²) < 4.78 is 5.04. The van der Waals surface area contributed by atoms with Gasteiger partial charge >= 0.3 is 5.97 Å². The topological polar surface area (TPSA) is 38.7 Å². The minimum Gasteiger partial charge on any atom is -0.466 e. The fourth-order valence-electron chi connectivity index (χ4n) is 3.03. The number of dihydropyridines is 1. The van der Waals surface area contributed by atoms with Gasteiger partial charge in [0.2, 0.25) is 0 Å². The number of fused-ring (bicyclic) bond motifs is 1. The number of nitrogens with zero attached hydrogens (tertiary/aromatic N) is 1. The Morgan fingerprint density at radius 3 is 3.00 bits per heavy atom. The monoisotopic (exact) mass is 249 g/mol. The van der Waals surface area contributed by atoms with Gasteiger partial charge in [-0.15, -0.1) is 0 Å². The lowest BCUT2D eigenvalue weighted by Gasteiger charge is -2.32. The van der Waals surface area contributed by atoms with Crippen molar-refractivity contribution in [3.05, 3.63) is 11.1 Å². The van der Waals surface area contributed by atoms with Crippen molar-refractivity contribution in [3.63, 3.8) is 0 Å². The van der Waals surface area contributed by atoms with E-state index < -0.39 is 0 Å². The normalized spacial score (nSPS) is 27.6. The summed E-state index contributed by atoms with van der Waals surface area (Å²) in [6.07, 6.45) is 4.11. The van der Waals surface area contributed by atoms with Gasteiger partial charge in [0, 0.05) is 18.2 Å². The zero-order valence-corrected chi connectivity index (χ0v) is 11.7. The molecule has 0 spiro atoms. The van der Waals surface area contributed by atoms with Gasteiger partial charge in [-0.2, -0.15) is 0 Å². The number of ether oxygens (including phenoxy) is 1. The summed E-state index contributed by atoms with van der Waals surface area (Å²) in [6.45, 7) is 7.51. The summed E-state index contributed by atoms with van der Waals surface area (Å²) in [4.78, 5) is 16.3. The number of hydrogen-bond acceptors (Lipinski definition) is 3. The van der Waals surface area contributed by atoms with E-state index in [1.54, 1.807) is 0 Å². The molecule has 0 bridgehead atoms. The molecule has 0 radical (unpaired) electrons. The maximum absolute atomic E-state index is 11.6. The van der Waals surface area contributed by atoms with Crippen molar-refractivity contribution < 1.29 is 9.53 Å². The lowest BCUT2D eigenvalue weighted by molar-refractivity contribution is -0.143. The van der Waals surface area contributed by atoms with Gasteiger partial charge in [0.05, 0.1) is 13.0 Å². The van der Waals surface area contributed by atoms with Crippen LogP contribution in [0.1, 0.15) is 46.5 Å². The predicted molar refractivity (Wildman–Crippen MR) is 72.8 cm³/mol. The Balaban J connectivity index is 2.10. The summed E-state index contributed by atoms with van der Waals surface area (Å²) in [7, 11) is 0. The first-order chi connectivity index (χ1) is 8.63. The molecule has 1 fully saturated rings. The molecule has 0 aromatic heterocycles. The first-order valence-electron chi connectivity index (χ1n) is 7.03. The van der Waals surface area contributed by atoms with Gasteiger partial charge in [-0.1, -0.05) is 12.5 Å². The highest BCUT2D eigenvalue weighted by molar-refractivity contribution is 6.03. The van der Waals surface area contributed by atoms with Crippen LogP contribution in [-0.4, -0.2) is 24.8 Å². The fraction of sp³-hybridized carbons (Fsp3) is 0.733. The van der Waals surface area contributed by atoms with E-state index in [-0.39, 0.29) is 11.9 Å².